The number of nitrogens with two attached hydrogens (primary N) is 1. The van der Waals surface area contributed by atoms with E-state index in [0.717, 1.165) is 5.56 Å². The number of ether oxygens (including phenoxy) is 1. The summed E-state index contributed by atoms with van der Waals surface area (Å²) >= 11 is 0. The van der Waals surface area contributed by atoms with Gasteiger partial charge >= 0.3 is 0 Å². The Morgan fingerprint density at radius 3 is 2.83 bits per heavy atom. The molecule has 0 saturated carbocycles. The molecule has 10 nitrogen and oxygen atoms in total. The molecule has 1 saturated heterocycles. The van der Waals surface area contributed by atoms with E-state index >= 15 is 0 Å². The molecule has 2 aliphatic rings. The molecule has 3 unspecified atom stereocenters. The number of fused-ring (bicyclic) bond motifs is 1. The zero-order chi connectivity index (χ0) is 20.7. The lowest BCUT2D eigenvalue weighted by Crippen LogP contribution is -2.52. The molecule has 152 valence electrons. The number of piperidine rings is 1. The van der Waals surface area contributed by atoms with Gasteiger partial charge in [-0.15, -0.1) is 5.10 Å². The van der Waals surface area contributed by atoms with Crippen molar-refractivity contribution in [1.29, 1.82) is 0 Å². The number of methoxy groups -OCH3 is 1. The zero-order valence-corrected chi connectivity index (χ0v) is 16.2. The number of aromatic nitrogens is 3. The third-order valence-electron chi connectivity index (χ3n) is 5.53. The van der Waals surface area contributed by atoms with Crippen LogP contribution < -0.4 is 11.1 Å². The fourth-order valence-corrected chi connectivity index (χ4v) is 3.72. The molecule has 3 heterocycles. The lowest BCUT2D eigenvalue weighted by Gasteiger charge is -2.29. The zero-order valence-electron chi connectivity index (χ0n) is 16.2. The fourth-order valence-electron chi connectivity index (χ4n) is 3.72. The average Bonchev–Trinajstić information content (AvgIpc) is 3.32. The largest absolute Gasteiger partial charge is 0.380 e. The number of carbonyl (C=O) groups is 3. The summed E-state index contributed by atoms with van der Waals surface area (Å²) in [5.74, 6) is -0.985. The minimum atomic E-state index is -0.664. The topological polar surface area (TPSA) is 132 Å². The van der Waals surface area contributed by atoms with Crippen LogP contribution in [0.4, 0.5) is 0 Å². The molecule has 0 aliphatic carbocycles. The third-order valence-corrected chi connectivity index (χ3v) is 5.53. The SMILES string of the molecule is COC(C)C(N)c1cn(-c2cccc3c2CN(C2CCC(=O)NC2=O)C3=O)nn1. The Balaban J connectivity index is 1.63. The van der Waals surface area contributed by atoms with Crippen molar-refractivity contribution in [3.8, 4) is 5.69 Å². The van der Waals surface area contributed by atoms with E-state index in [0.29, 0.717) is 23.4 Å². The molecule has 1 aromatic carbocycles. The van der Waals surface area contributed by atoms with E-state index in [-0.39, 0.29) is 30.9 Å². The Morgan fingerprint density at radius 2 is 2.10 bits per heavy atom. The van der Waals surface area contributed by atoms with Gasteiger partial charge in [0.1, 0.15) is 11.7 Å². The highest BCUT2D eigenvalue weighted by Crippen LogP contribution is 2.31. The van der Waals surface area contributed by atoms with Crippen molar-refractivity contribution < 1.29 is 19.1 Å². The van der Waals surface area contributed by atoms with Crippen LogP contribution in [0.15, 0.2) is 24.4 Å². The predicted molar refractivity (Wildman–Crippen MR) is 101 cm³/mol. The van der Waals surface area contributed by atoms with Crippen LogP contribution in [0, 0.1) is 0 Å². The second-order valence-electron chi connectivity index (χ2n) is 7.26. The molecule has 2 aliphatic heterocycles. The summed E-state index contributed by atoms with van der Waals surface area (Å²) < 4.78 is 6.83. The third kappa shape index (κ3) is 3.30. The molecule has 4 rings (SSSR count). The molecular formula is C19H22N6O4. The smallest absolute Gasteiger partial charge is 0.255 e. The Hall–Kier alpha value is -3.11. The van der Waals surface area contributed by atoms with E-state index in [1.807, 2.05) is 13.0 Å². The minimum Gasteiger partial charge on any atom is -0.380 e. The molecule has 0 spiro atoms. The molecule has 0 radical (unpaired) electrons. The van der Waals surface area contributed by atoms with Crippen LogP contribution in [0.25, 0.3) is 5.69 Å². The number of carbonyl (C=O) groups excluding carboxylic acids is 3. The molecule has 10 heteroatoms. The number of benzene rings is 1. The van der Waals surface area contributed by atoms with E-state index < -0.39 is 18.0 Å². The van der Waals surface area contributed by atoms with Crippen molar-refractivity contribution in [1.82, 2.24) is 25.2 Å². The van der Waals surface area contributed by atoms with Gasteiger partial charge in [-0.25, -0.2) is 4.68 Å². The maximum absolute atomic E-state index is 12.9. The van der Waals surface area contributed by atoms with Crippen molar-refractivity contribution in [3.63, 3.8) is 0 Å². The van der Waals surface area contributed by atoms with Crippen LogP contribution in [0.5, 0.6) is 0 Å². The minimum absolute atomic E-state index is 0.214. The predicted octanol–water partition coefficient (Wildman–Crippen LogP) is 0.0630. The lowest BCUT2D eigenvalue weighted by molar-refractivity contribution is -0.136. The molecule has 1 fully saturated rings. The maximum Gasteiger partial charge on any atom is 0.255 e. The van der Waals surface area contributed by atoms with Gasteiger partial charge in [0.05, 0.1) is 24.0 Å². The Labute approximate surface area is 167 Å². The Bertz CT molecular complexity index is 987. The van der Waals surface area contributed by atoms with E-state index in [4.69, 9.17) is 10.5 Å². The summed E-state index contributed by atoms with van der Waals surface area (Å²) in [5, 5.41) is 10.6. The number of hydrogen-bond donors (Lipinski definition) is 2. The van der Waals surface area contributed by atoms with Gasteiger partial charge in [-0.3, -0.25) is 19.7 Å². The standard InChI is InChI=1S/C19H22N6O4/c1-10(29-2)17(20)13-9-25(23-22-13)14-5-3-4-11-12(14)8-24(19(11)28)15-6-7-16(26)21-18(15)27/h3-5,9-10,15,17H,6-8,20H2,1-2H3,(H,21,26,27). The molecule has 3 amide bonds. The average molecular weight is 398 g/mol. The van der Waals surface area contributed by atoms with Crippen LogP contribution in [0.1, 0.15) is 47.4 Å². The van der Waals surface area contributed by atoms with Crippen LogP contribution in [-0.2, 0) is 20.9 Å². The lowest BCUT2D eigenvalue weighted by atomic mass is 10.0. The molecule has 3 N–H and O–H groups in total. The van der Waals surface area contributed by atoms with Crippen LogP contribution in [0.3, 0.4) is 0 Å². The molecule has 29 heavy (non-hydrogen) atoms. The normalized spacial score (nSPS) is 21.1. The molecule has 0 bridgehead atoms. The van der Waals surface area contributed by atoms with Gasteiger partial charge < -0.3 is 15.4 Å². The van der Waals surface area contributed by atoms with Gasteiger partial charge in [-0.2, -0.15) is 0 Å². The first-order chi connectivity index (χ1) is 13.9. The summed E-state index contributed by atoms with van der Waals surface area (Å²) in [4.78, 5) is 38.1. The highest BCUT2D eigenvalue weighted by atomic mass is 16.5. The second kappa shape index (κ2) is 7.37. The molecule has 3 atom stereocenters. The van der Waals surface area contributed by atoms with Crippen LogP contribution in [-0.4, -0.2) is 56.9 Å². The van der Waals surface area contributed by atoms with Crippen LogP contribution in [0.2, 0.25) is 0 Å². The molecule has 2 aromatic rings. The van der Waals surface area contributed by atoms with Crippen molar-refractivity contribution in [3.05, 3.63) is 41.2 Å². The first-order valence-corrected chi connectivity index (χ1v) is 9.38. The number of hydrogen-bond acceptors (Lipinski definition) is 7. The quantitative estimate of drug-likeness (QED) is 0.681. The first-order valence-electron chi connectivity index (χ1n) is 9.38. The highest BCUT2D eigenvalue weighted by molar-refractivity contribution is 6.05. The van der Waals surface area contributed by atoms with Gasteiger partial charge in [-0.1, -0.05) is 11.3 Å². The Kier molecular flexibility index (Phi) is 4.89. The highest BCUT2D eigenvalue weighted by Gasteiger charge is 2.40. The number of nitrogens with one attached hydrogen (secondary N) is 1. The maximum atomic E-state index is 12.9. The van der Waals surface area contributed by atoms with Gasteiger partial charge in [0.15, 0.2) is 0 Å². The van der Waals surface area contributed by atoms with Gasteiger partial charge in [0, 0.05) is 31.2 Å². The van der Waals surface area contributed by atoms with E-state index in [1.165, 1.54) is 4.90 Å². The molecule has 1 aromatic heterocycles. The monoisotopic (exact) mass is 398 g/mol. The van der Waals surface area contributed by atoms with Crippen molar-refractivity contribution in [2.75, 3.05) is 7.11 Å². The summed E-state index contributed by atoms with van der Waals surface area (Å²) in [6.07, 6.45) is 2.02. The van der Waals surface area contributed by atoms with Gasteiger partial charge in [0.25, 0.3) is 5.91 Å². The summed E-state index contributed by atoms with van der Waals surface area (Å²) in [5.41, 5.74) is 8.68. The number of amides is 3. The summed E-state index contributed by atoms with van der Waals surface area (Å²) in [6.45, 7) is 2.10. The summed E-state index contributed by atoms with van der Waals surface area (Å²) in [7, 11) is 1.58. The first kappa shape index (κ1) is 19.2. The van der Waals surface area contributed by atoms with E-state index in [9.17, 15) is 14.4 Å². The second-order valence-corrected chi connectivity index (χ2v) is 7.26. The van der Waals surface area contributed by atoms with E-state index in [2.05, 4.69) is 15.6 Å². The number of rotatable bonds is 5. The van der Waals surface area contributed by atoms with Crippen molar-refractivity contribution in [2.24, 2.45) is 5.73 Å². The summed E-state index contributed by atoms with van der Waals surface area (Å²) in [6, 6.07) is 4.22. The number of imide groups is 1. The van der Waals surface area contributed by atoms with Gasteiger partial charge in [0.2, 0.25) is 11.8 Å². The fraction of sp³-hybridized carbons (Fsp3) is 0.421. The molecular weight excluding hydrogens is 376 g/mol. The number of nitrogens with zero attached hydrogens (tertiary/aromatic N) is 4. The van der Waals surface area contributed by atoms with Crippen LogP contribution >= 0.6 is 0 Å². The van der Waals surface area contributed by atoms with Gasteiger partial charge in [-0.05, 0) is 25.5 Å². The van der Waals surface area contributed by atoms with E-state index in [1.54, 1.807) is 30.1 Å². The van der Waals surface area contributed by atoms with Crippen molar-refractivity contribution >= 4 is 17.7 Å². The van der Waals surface area contributed by atoms with Crippen molar-refractivity contribution in [2.45, 2.75) is 44.5 Å². The Morgan fingerprint density at radius 1 is 1.31 bits per heavy atom.